The Balaban J connectivity index is 1.36. The Morgan fingerprint density at radius 1 is 0.878 bits per heavy atom. The lowest BCUT2D eigenvalue weighted by Crippen LogP contribution is -2.61. The molecule has 2 aliphatic rings. The SMILES string of the molecule is COc1cc2c(=O)c(-c3ccc(O)cc3)coc2cc1O[C@H]1O[C@H](CO[C@H]2OC[C@@H](O)[C@H](O)[C@H]2O)[C@@H](O)[C@H](O)[C@H]1O. The molecule has 0 amide bonds. The maximum atomic E-state index is 13.2. The number of benzene rings is 2. The van der Waals surface area contributed by atoms with Crippen LogP contribution in [0.3, 0.4) is 0 Å². The molecule has 0 saturated carbocycles. The highest BCUT2D eigenvalue weighted by Gasteiger charge is 2.46. The van der Waals surface area contributed by atoms with Gasteiger partial charge in [-0.3, -0.25) is 4.79 Å². The molecule has 0 bridgehead atoms. The number of aliphatic hydroxyl groups excluding tert-OH is 6. The fraction of sp³-hybridized carbons (Fsp3) is 0.444. The molecule has 0 unspecified atom stereocenters. The fourth-order valence-corrected chi connectivity index (χ4v) is 4.62. The minimum Gasteiger partial charge on any atom is -0.508 e. The number of methoxy groups -OCH3 is 1. The van der Waals surface area contributed by atoms with Gasteiger partial charge < -0.3 is 63.8 Å². The predicted octanol–water partition coefficient (Wildman–Crippen LogP) is -1.18. The van der Waals surface area contributed by atoms with Crippen LogP contribution < -0.4 is 14.9 Å². The van der Waals surface area contributed by atoms with Crippen LogP contribution in [-0.2, 0) is 14.2 Å². The van der Waals surface area contributed by atoms with Crippen molar-refractivity contribution in [1.82, 2.24) is 0 Å². The van der Waals surface area contributed by atoms with E-state index in [0.717, 1.165) is 0 Å². The summed E-state index contributed by atoms with van der Waals surface area (Å²) in [5, 5.41) is 70.6. The summed E-state index contributed by atoms with van der Waals surface area (Å²) in [6.45, 7) is -0.766. The second kappa shape index (κ2) is 11.9. The van der Waals surface area contributed by atoms with Crippen LogP contribution in [0.4, 0.5) is 0 Å². The summed E-state index contributed by atoms with van der Waals surface area (Å²) in [7, 11) is 1.33. The van der Waals surface area contributed by atoms with Crippen LogP contribution in [0, 0.1) is 0 Å². The minimum absolute atomic E-state index is 0.0176. The van der Waals surface area contributed by atoms with Crippen LogP contribution in [0.25, 0.3) is 22.1 Å². The molecule has 3 heterocycles. The number of hydrogen-bond donors (Lipinski definition) is 7. The van der Waals surface area contributed by atoms with Gasteiger partial charge in [0.1, 0.15) is 60.3 Å². The van der Waals surface area contributed by atoms with E-state index < -0.39 is 61.9 Å². The minimum atomic E-state index is -1.73. The van der Waals surface area contributed by atoms with Crippen molar-refractivity contribution in [2.24, 2.45) is 0 Å². The first kappa shape index (κ1) is 29.2. The van der Waals surface area contributed by atoms with E-state index >= 15 is 0 Å². The van der Waals surface area contributed by atoms with Gasteiger partial charge in [-0.05, 0) is 23.8 Å². The fourth-order valence-electron chi connectivity index (χ4n) is 4.62. The summed E-state index contributed by atoms with van der Waals surface area (Å²) in [6.07, 6.45) is -12.4. The normalized spacial score (nSPS) is 32.1. The van der Waals surface area contributed by atoms with Crippen molar-refractivity contribution in [3.05, 3.63) is 52.9 Å². The molecule has 14 nitrogen and oxygen atoms in total. The van der Waals surface area contributed by atoms with E-state index in [9.17, 15) is 40.5 Å². The van der Waals surface area contributed by atoms with Gasteiger partial charge in [0.05, 0.1) is 31.3 Å². The third-order valence-corrected chi connectivity index (χ3v) is 7.03. The average Bonchev–Trinajstić information content (AvgIpc) is 2.97. The molecule has 41 heavy (non-hydrogen) atoms. The molecule has 0 radical (unpaired) electrons. The Bertz CT molecular complexity index is 1410. The van der Waals surface area contributed by atoms with Gasteiger partial charge in [0.15, 0.2) is 17.8 Å². The van der Waals surface area contributed by atoms with Gasteiger partial charge in [0, 0.05) is 6.07 Å². The van der Waals surface area contributed by atoms with E-state index in [0.29, 0.717) is 5.56 Å². The van der Waals surface area contributed by atoms with Crippen LogP contribution in [-0.4, -0.2) is 111 Å². The highest BCUT2D eigenvalue weighted by atomic mass is 16.7. The Morgan fingerprint density at radius 3 is 2.29 bits per heavy atom. The van der Waals surface area contributed by atoms with E-state index in [-0.39, 0.29) is 45.8 Å². The molecule has 0 aliphatic carbocycles. The molecule has 2 fully saturated rings. The van der Waals surface area contributed by atoms with E-state index in [1.807, 2.05) is 0 Å². The van der Waals surface area contributed by atoms with Crippen molar-refractivity contribution >= 4 is 11.0 Å². The molecular weight excluding hydrogens is 548 g/mol. The van der Waals surface area contributed by atoms with Crippen LogP contribution in [0.1, 0.15) is 0 Å². The van der Waals surface area contributed by atoms with Gasteiger partial charge in [-0.2, -0.15) is 0 Å². The Hall–Kier alpha value is -3.31. The first-order valence-corrected chi connectivity index (χ1v) is 12.7. The Morgan fingerprint density at radius 2 is 1.59 bits per heavy atom. The van der Waals surface area contributed by atoms with Crippen molar-refractivity contribution in [3.63, 3.8) is 0 Å². The predicted molar refractivity (Wildman–Crippen MR) is 137 cm³/mol. The largest absolute Gasteiger partial charge is 0.508 e. The summed E-state index contributed by atoms with van der Waals surface area (Å²) < 4.78 is 33.1. The van der Waals surface area contributed by atoms with Crippen molar-refractivity contribution in [3.8, 4) is 28.4 Å². The number of phenols is 1. The lowest BCUT2D eigenvalue weighted by Gasteiger charge is -2.41. The lowest BCUT2D eigenvalue weighted by molar-refractivity contribution is -0.307. The number of phenolic OH excluding ortho intramolecular Hbond substituents is 1. The van der Waals surface area contributed by atoms with E-state index in [4.69, 9.17) is 28.1 Å². The molecule has 3 aromatic rings. The van der Waals surface area contributed by atoms with E-state index in [2.05, 4.69) is 0 Å². The molecule has 5 rings (SSSR count). The average molecular weight is 579 g/mol. The van der Waals surface area contributed by atoms with Gasteiger partial charge >= 0.3 is 0 Å². The first-order chi connectivity index (χ1) is 19.6. The summed E-state index contributed by atoms with van der Waals surface area (Å²) in [5.41, 5.74) is 0.502. The molecule has 2 aliphatic heterocycles. The number of hydrogen-bond acceptors (Lipinski definition) is 14. The third-order valence-electron chi connectivity index (χ3n) is 7.03. The van der Waals surface area contributed by atoms with E-state index in [1.54, 1.807) is 12.1 Å². The molecule has 1 aromatic heterocycles. The number of ether oxygens (including phenoxy) is 5. The van der Waals surface area contributed by atoms with Crippen molar-refractivity contribution < 1.29 is 63.8 Å². The first-order valence-electron chi connectivity index (χ1n) is 12.7. The smallest absolute Gasteiger partial charge is 0.229 e. The van der Waals surface area contributed by atoms with Crippen LogP contribution >= 0.6 is 0 Å². The maximum Gasteiger partial charge on any atom is 0.229 e. The highest BCUT2D eigenvalue weighted by molar-refractivity contribution is 5.84. The number of rotatable bonds is 7. The second-order valence-corrected chi connectivity index (χ2v) is 9.74. The highest BCUT2D eigenvalue weighted by Crippen LogP contribution is 2.35. The number of aromatic hydroxyl groups is 1. The third kappa shape index (κ3) is 5.74. The molecule has 14 heteroatoms. The Labute approximate surface area is 232 Å². The Kier molecular flexibility index (Phi) is 8.47. The zero-order valence-electron chi connectivity index (χ0n) is 21.6. The number of fused-ring (bicyclic) bond motifs is 1. The van der Waals surface area contributed by atoms with Gasteiger partial charge in [-0.25, -0.2) is 0 Å². The van der Waals surface area contributed by atoms with Gasteiger partial charge in [-0.1, -0.05) is 12.1 Å². The summed E-state index contributed by atoms with van der Waals surface area (Å²) in [6, 6.07) is 8.73. The molecule has 2 aromatic carbocycles. The molecule has 222 valence electrons. The monoisotopic (exact) mass is 578 g/mol. The van der Waals surface area contributed by atoms with Crippen molar-refractivity contribution in [1.29, 1.82) is 0 Å². The topological polar surface area (TPSA) is 218 Å². The molecular formula is C27H30O14. The lowest BCUT2D eigenvalue weighted by atomic mass is 9.99. The van der Waals surface area contributed by atoms with Crippen LogP contribution in [0.5, 0.6) is 17.2 Å². The maximum absolute atomic E-state index is 13.2. The molecule has 7 N–H and O–H groups in total. The zero-order chi connectivity index (χ0) is 29.4. The quantitative estimate of drug-likeness (QED) is 0.176. The van der Waals surface area contributed by atoms with Crippen molar-refractivity contribution in [2.45, 2.75) is 55.3 Å². The second-order valence-electron chi connectivity index (χ2n) is 9.74. The molecule has 2 saturated heterocycles. The van der Waals surface area contributed by atoms with Gasteiger partial charge in [0.25, 0.3) is 0 Å². The van der Waals surface area contributed by atoms with Crippen LogP contribution in [0.2, 0.25) is 0 Å². The molecule has 9 atom stereocenters. The van der Waals surface area contributed by atoms with Crippen molar-refractivity contribution in [2.75, 3.05) is 20.3 Å². The standard InChI is InChI=1S/C27H30O14/c1-36-17-6-13-16(37-8-14(20(13)30)11-2-4-12(28)5-3-11)7-18(17)40-27-25(35)23(33)22(32)19(41-27)10-39-26-24(34)21(31)15(29)9-38-26/h2-8,15,19,21-29,31-35H,9-10H2,1H3/t15-,19-,21+,22-,23+,24-,25-,26-,27+/m1/s1. The van der Waals surface area contributed by atoms with Gasteiger partial charge in [-0.15, -0.1) is 0 Å². The van der Waals surface area contributed by atoms with Crippen LogP contribution in [0.15, 0.2) is 51.9 Å². The zero-order valence-corrected chi connectivity index (χ0v) is 21.6. The summed E-state index contributed by atoms with van der Waals surface area (Å²) >= 11 is 0. The summed E-state index contributed by atoms with van der Waals surface area (Å²) in [4.78, 5) is 13.2. The van der Waals surface area contributed by atoms with Gasteiger partial charge in [0.2, 0.25) is 11.7 Å². The van der Waals surface area contributed by atoms with E-state index in [1.165, 1.54) is 37.6 Å². The summed E-state index contributed by atoms with van der Waals surface area (Å²) in [5.74, 6) is 0.0959. The molecule has 0 spiro atoms. The number of aliphatic hydroxyl groups is 6.